The van der Waals surface area contributed by atoms with Crippen molar-refractivity contribution in [2.24, 2.45) is 0 Å². The van der Waals surface area contributed by atoms with Crippen LogP contribution in [0.15, 0.2) is 0 Å². The molecule has 0 rings (SSSR count). The Kier molecular flexibility index (Phi) is 14.8. The molecule has 5 N–H and O–H groups in total. The second-order valence-corrected chi connectivity index (χ2v) is 6.06. The largest absolute Gasteiger partial charge is 0.481 e. The van der Waals surface area contributed by atoms with Crippen molar-refractivity contribution in [1.82, 2.24) is 10.6 Å². The van der Waals surface area contributed by atoms with E-state index in [1.165, 1.54) is 0 Å². The van der Waals surface area contributed by atoms with Crippen molar-refractivity contribution in [3.63, 3.8) is 0 Å². The van der Waals surface area contributed by atoms with Gasteiger partial charge in [-0.3, -0.25) is 14.4 Å². The van der Waals surface area contributed by atoms with Crippen molar-refractivity contribution >= 4 is 17.8 Å². The third-order valence-corrected chi connectivity index (χ3v) is 3.77. The van der Waals surface area contributed by atoms with Crippen molar-refractivity contribution in [3.05, 3.63) is 0 Å². The first-order chi connectivity index (χ1) is 12.0. The lowest BCUT2D eigenvalue weighted by molar-refractivity contribution is -0.137. The van der Waals surface area contributed by atoms with Crippen LogP contribution in [0.4, 0.5) is 0 Å². The number of aliphatic hydroxyl groups is 2. The summed E-state index contributed by atoms with van der Waals surface area (Å²) >= 11 is 0. The second kappa shape index (κ2) is 15.8. The van der Waals surface area contributed by atoms with E-state index < -0.39 is 24.6 Å². The summed E-state index contributed by atoms with van der Waals surface area (Å²) in [5.74, 6) is -1.45. The van der Waals surface area contributed by atoms with Gasteiger partial charge in [0.1, 0.15) is 0 Å². The number of hydrogen-bond acceptors (Lipinski definition) is 5. The zero-order valence-corrected chi connectivity index (χ0v) is 14.8. The van der Waals surface area contributed by atoms with E-state index in [0.29, 0.717) is 13.0 Å². The molecule has 0 bridgehead atoms. The normalized spacial score (nSPS) is 11.8. The molecule has 0 radical (unpaired) electrons. The minimum Gasteiger partial charge on any atom is -0.481 e. The topological polar surface area (TPSA) is 136 Å². The molecular formula is C17H32N2O6. The predicted octanol–water partition coefficient (Wildman–Crippen LogP) is 0.558. The van der Waals surface area contributed by atoms with Gasteiger partial charge in [0, 0.05) is 25.9 Å². The molecule has 0 heterocycles. The van der Waals surface area contributed by atoms with Crippen LogP contribution >= 0.6 is 0 Å². The molecule has 0 saturated heterocycles. The van der Waals surface area contributed by atoms with Crippen LogP contribution in [0.1, 0.15) is 64.2 Å². The Morgan fingerprint density at radius 3 is 1.76 bits per heavy atom. The number of aliphatic hydroxyl groups excluding tert-OH is 2. The van der Waals surface area contributed by atoms with Crippen LogP contribution in [0.3, 0.4) is 0 Å². The average Bonchev–Trinajstić information content (AvgIpc) is 2.59. The predicted molar refractivity (Wildman–Crippen MR) is 92.9 cm³/mol. The first kappa shape index (κ1) is 23.3. The van der Waals surface area contributed by atoms with Gasteiger partial charge in [-0.15, -0.1) is 0 Å². The summed E-state index contributed by atoms with van der Waals surface area (Å²) in [6.07, 6.45) is 7.13. The minimum absolute atomic E-state index is 0.0642. The average molecular weight is 360 g/mol. The van der Waals surface area contributed by atoms with Crippen LogP contribution in [0.5, 0.6) is 0 Å². The third kappa shape index (κ3) is 15.6. The van der Waals surface area contributed by atoms with E-state index in [1.54, 1.807) is 0 Å². The summed E-state index contributed by atoms with van der Waals surface area (Å²) in [4.78, 5) is 33.1. The molecule has 0 saturated carbocycles. The number of rotatable bonds is 16. The fourth-order valence-corrected chi connectivity index (χ4v) is 2.30. The Labute approximate surface area is 149 Å². The number of carbonyl (C=O) groups is 3. The monoisotopic (exact) mass is 360 g/mol. The van der Waals surface area contributed by atoms with Gasteiger partial charge in [-0.05, 0) is 12.8 Å². The van der Waals surface area contributed by atoms with Gasteiger partial charge in [-0.1, -0.05) is 38.5 Å². The van der Waals surface area contributed by atoms with Gasteiger partial charge in [-0.2, -0.15) is 0 Å². The summed E-state index contributed by atoms with van der Waals surface area (Å²) in [5, 5.41) is 31.2. The molecule has 0 aromatic carbocycles. The second-order valence-electron chi connectivity index (χ2n) is 6.06. The molecule has 0 aliphatic heterocycles. The fraction of sp³-hybridized carbons (Fsp3) is 0.824. The Bertz CT molecular complexity index is 389. The zero-order chi connectivity index (χ0) is 18.9. The molecule has 0 aliphatic carbocycles. The van der Waals surface area contributed by atoms with Gasteiger partial charge in [0.15, 0.2) is 6.10 Å². The van der Waals surface area contributed by atoms with E-state index in [-0.39, 0.29) is 18.9 Å². The smallest absolute Gasteiger partial charge is 0.303 e. The molecule has 0 spiro atoms. The lowest BCUT2D eigenvalue weighted by Crippen LogP contribution is -2.40. The summed E-state index contributed by atoms with van der Waals surface area (Å²) in [7, 11) is 0. The standard InChI is InChI=1S/C17H32N2O6/c20-13-14(21)17(25)19-12-11-18-15(22)9-7-5-3-1-2-4-6-8-10-16(23)24/h14,20-21H,1-13H2,(H,18,22)(H,19,25)(H,23,24). The highest BCUT2D eigenvalue weighted by molar-refractivity contribution is 5.80. The van der Waals surface area contributed by atoms with E-state index in [9.17, 15) is 14.4 Å². The van der Waals surface area contributed by atoms with E-state index in [0.717, 1.165) is 51.4 Å². The molecule has 1 atom stereocenters. The SMILES string of the molecule is O=C(O)CCCCCCCCCCC(=O)NCCNC(=O)C(O)CO. The van der Waals surface area contributed by atoms with Crippen LogP contribution in [0.25, 0.3) is 0 Å². The maximum Gasteiger partial charge on any atom is 0.303 e. The summed E-state index contributed by atoms with van der Waals surface area (Å²) in [6, 6.07) is 0. The highest BCUT2D eigenvalue weighted by atomic mass is 16.4. The highest BCUT2D eigenvalue weighted by Crippen LogP contribution is 2.10. The van der Waals surface area contributed by atoms with Gasteiger partial charge < -0.3 is 26.0 Å². The number of amides is 2. The van der Waals surface area contributed by atoms with Crippen molar-refractivity contribution < 1.29 is 29.7 Å². The molecule has 0 fully saturated rings. The minimum atomic E-state index is -1.42. The summed E-state index contributed by atoms with van der Waals surface area (Å²) in [6.45, 7) is -0.122. The van der Waals surface area contributed by atoms with E-state index in [2.05, 4.69) is 10.6 Å². The quantitative estimate of drug-likeness (QED) is 0.255. The first-order valence-corrected chi connectivity index (χ1v) is 9.02. The highest BCUT2D eigenvalue weighted by Gasteiger charge is 2.12. The molecule has 8 nitrogen and oxygen atoms in total. The molecular weight excluding hydrogens is 328 g/mol. The molecule has 8 heteroatoms. The summed E-state index contributed by atoms with van der Waals surface area (Å²) in [5.41, 5.74) is 0. The van der Waals surface area contributed by atoms with Crippen molar-refractivity contribution in [2.75, 3.05) is 19.7 Å². The molecule has 0 aliphatic rings. The number of hydrogen-bond donors (Lipinski definition) is 5. The van der Waals surface area contributed by atoms with Gasteiger partial charge in [0.2, 0.25) is 5.91 Å². The van der Waals surface area contributed by atoms with E-state index >= 15 is 0 Å². The number of carbonyl (C=O) groups excluding carboxylic acids is 2. The fourth-order valence-electron chi connectivity index (χ4n) is 2.30. The van der Waals surface area contributed by atoms with Crippen LogP contribution in [-0.4, -0.2) is 58.9 Å². The third-order valence-electron chi connectivity index (χ3n) is 3.77. The van der Waals surface area contributed by atoms with E-state index in [4.69, 9.17) is 15.3 Å². The molecule has 146 valence electrons. The van der Waals surface area contributed by atoms with Gasteiger partial charge >= 0.3 is 5.97 Å². The zero-order valence-electron chi connectivity index (χ0n) is 14.8. The molecule has 0 aromatic heterocycles. The van der Waals surface area contributed by atoms with Gasteiger partial charge in [0.05, 0.1) is 6.61 Å². The number of aliphatic carboxylic acids is 1. The van der Waals surface area contributed by atoms with Gasteiger partial charge in [-0.25, -0.2) is 0 Å². The molecule has 0 aromatic rings. The van der Waals surface area contributed by atoms with Crippen molar-refractivity contribution in [3.8, 4) is 0 Å². The van der Waals surface area contributed by atoms with Crippen LogP contribution in [0, 0.1) is 0 Å². The maximum atomic E-state index is 11.6. The Morgan fingerprint density at radius 1 is 0.760 bits per heavy atom. The first-order valence-electron chi connectivity index (χ1n) is 9.02. The number of carboxylic acids is 1. The molecule has 1 unspecified atom stereocenters. The Hall–Kier alpha value is -1.67. The van der Waals surface area contributed by atoms with Crippen molar-refractivity contribution in [1.29, 1.82) is 0 Å². The Morgan fingerprint density at radius 2 is 1.24 bits per heavy atom. The Balaban J connectivity index is 3.33. The maximum absolute atomic E-state index is 11.6. The summed E-state index contributed by atoms with van der Waals surface area (Å²) < 4.78 is 0. The number of carboxylic acid groups (broad SMARTS) is 1. The molecule has 25 heavy (non-hydrogen) atoms. The number of nitrogens with one attached hydrogen (secondary N) is 2. The molecule has 2 amide bonds. The lowest BCUT2D eigenvalue weighted by atomic mass is 10.1. The number of unbranched alkanes of at least 4 members (excludes halogenated alkanes) is 7. The van der Waals surface area contributed by atoms with Crippen LogP contribution in [0.2, 0.25) is 0 Å². The van der Waals surface area contributed by atoms with Crippen LogP contribution in [-0.2, 0) is 14.4 Å². The van der Waals surface area contributed by atoms with Gasteiger partial charge in [0.25, 0.3) is 5.91 Å². The van der Waals surface area contributed by atoms with Crippen LogP contribution < -0.4 is 10.6 Å². The lowest BCUT2D eigenvalue weighted by Gasteiger charge is -2.09. The van der Waals surface area contributed by atoms with Crippen molar-refractivity contribution in [2.45, 2.75) is 70.3 Å². The van der Waals surface area contributed by atoms with E-state index in [1.807, 2.05) is 0 Å².